The second-order valence-corrected chi connectivity index (χ2v) is 6.72. The lowest BCUT2D eigenvalue weighted by molar-refractivity contribution is -0.182. The van der Waals surface area contributed by atoms with Crippen LogP contribution in [-0.2, 0) is 35.0 Å². The predicted molar refractivity (Wildman–Crippen MR) is 91.7 cm³/mol. The van der Waals surface area contributed by atoms with Gasteiger partial charge in [-0.2, -0.15) is 0 Å². The Morgan fingerprint density at radius 1 is 1.19 bits per heavy atom. The van der Waals surface area contributed by atoms with E-state index in [1.54, 1.807) is 6.08 Å². The highest BCUT2D eigenvalue weighted by atomic mass is 32.1. The van der Waals surface area contributed by atoms with E-state index < -0.39 is 36.2 Å². The van der Waals surface area contributed by atoms with E-state index in [1.165, 1.54) is 32.1 Å². The number of ether oxygens (including phenoxy) is 4. The number of esters is 3. The molecule has 0 N–H and O–H groups in total. The van der Waals surface area contributed by atoms with Crippen LogP contribution in [0.25, 0.3) is 0 Å². The summed E-state index contributed by atoms with van der Waals surface area (Å²) in [5.41, 5.74) is 0.398. The lowest BCUT2D eigenvalue weighted by atomic mass is 10.0. The monoisotopic (exact) mass is 383 g/mol. The summed E-state index contributed by atoms with van der Waals surface area (Å²) in [5.74, 6) is -1.62. The number of carbonyl (C=O) groups excluding carboxylic acids is 3. The topological polar surface area (TPSA) is 101 Å². The molecule has 1 aliphatic rings. The third-order valence-electron chi connectivity index (χ3n) is 3.47. The van der Waals surface area contributed by atoms with Crippen molar-refractivity contribution in [3.63, 3.8) is 0 Å². The molecule has 2 heterocycles. The molecule has 0 spiro atoms. The van der Waals surface area contributed by atoms with Gasteiger partial charge in [-0.25, -0.2) is 4.98 Å². The molecule has 0 saturated carbocycles. The maximum absolute atomic E-state index is 11.6. The lowest BCUT2D eigenvalue weighted by Gasteiger charge is -2.35. The molecule has 9 heteroatoms. The minimum absolute atomic E-state index is 0.148. The Balaban J connectivity index is 2.37. The number of hydrogen-bond acceptors (Lipinski definition) is 9. The largest absolute Gasteiger partial charge is 0.471 e. The van der Waals surface area contributed by atoms with Crippen molar-refractivity contribution in [2.24, 2.45) is 0 Å². The summed E-state index contributed by atoms with van der Waals surface area (Å²) in [4.78, 5) is 38.7. The fraction of sp³-hybridized carbons (Fsp3) is 0.529. The van der Waals surface area contributed by atoms with Crippen LogP contribution in [0, 0.1) is 0 Å². The number of rotatable bonds is 7. The lowest BCUT2D eigenvalue weighted by Crippen LogP contribution is -2.47. The average molecular weight is 383 g/mol. The fourth-order valence-electron chi connectivity index (χ4n) is 2.47. The van der Waals surface area contributed by atoms with Crippen LogP contribution in [0.1, 0.15) is 44.0 Å². The van der Waals surface area contributed by atoms with E-state index in [2.05, 4.69) is 11.6 Å². The van der Waals surface area contributed by atoms with Crippen molar-refractivity contribution >= 4 is 29.2 Å². The molecular formula is C17H21NO7S. The molecule has 0 aliphatic carbocycles. The van der Waals surface area contributed by atoms with Gasteiger partial charge >= 0.3 is 17.9 Å². The first kappa shape index (κ1) is 19.9. The van der Waals surface area contributed by atoms with Gasteiger partial charge in [-0.05, 0) is 6.42 Å². The number of fused-ring (bicyclic) bond motifs is 1. The van der Waals surface area contributed by atoms with Crippen LogP contribution < -0.4 is 4.74 Å². The molecule has 1 aromatic heterocycles. The molecule has 0 radical (unpaired) electrons. The number of carbonyl (C=O) groups is 3. The van der Waals surface area contributed by atoms with Gasteiger partial charge in [0.25, 0.3) is 0 Å². The maximum atomic E-state index is 11.6. The van der Waals surface area contributed by atoms with Gasteiger partial charge in [-0.1, -0.05) is 17.4 Å². The molecule has 1 aromatic rings. The quantitative estimate of drug-likeness (QED) is 0.401. The van der Waals surface area contributed by atoms with Crippen LogP contribution >= 0.6 is 11.3 Å². The van der Waals surface area contributed by atoms with Gasteiger partial charge in [-0.15, -0.1) is 6.58 Å². The summed E-state index contributed by atoms with van der Waals surface area (Å²) in [7, 11) is 0. The minimum atomic E-state index is -0.974. The molecule has 0 saturated heterocycles. The van der Waals surface area contributed by atoms with E-state index in [-0.39, 0.29) is 6.61 Å². The van der Waals surface area contributed by atoms with E-state index in [0.717, 1.165) is 11.4 Å². The van der Waals surface area contributed by atoms with Crippen LogP contribution in [0.3, 0.4) is 0 Å². The molecule has 142 valence electrons. The van der Waals surface area contributed by atoms with Crippen LogP contribution in [0.15, 0.2) is 12.7 Å². The van der Waals surface area contributed by atoms with Gasteiger partial charge in [0, 0.05) is 27.2 Å². The molecule has 0 fully saturated rings. The zero-order valence-electron chi connectivity index (χ0n) is 14.9. The van der Waals surface area contributed by atoms with Crippen molar-refractivity contribution in [2.75, 3.05) is 6.61 Å². The first-order valence-corrected chi connectivity index (χ1v) is 8.88. The van der Waals surface area contributed by atoms with Gasteiger partial charge in [0.15, 0.2) is 18.3 Å². The summed E-state index contributed by atoms with van der Waals surface area (Å²) >= 11 is 1.31. The summed E-state index contributed by atoms with van der Waals surface area (Å²) in [5, 5.41) is 1.23. The highest BCUT2D eigenvalue weighted by Gasteiger charge is 2.46. The number of allylic oxidation sites excluding steroid dienone is 1. The molecule has 0 aromatic carbocycles. The predicted octanol–water partition coefficient (Wildman–Crippen LogP) is 2.12. The van der Waals surface area contributed by atoms with Crippen molar-refractivity contribution in [3.05, 3.63) is 23.4 Å². The number of hydrogen-bond donors (Lipinski definition) is 0. The highest BCUT2D eigenvalue weighted by molar-refractivity contribution is 7.13. The summed E-state index contributed by atoms with van der Waals surface area (Å²) in [6.07, 6.45) is 0.439. The molecule has 0 amide bonds. The maximum Gasteiger partial charge on any atom is 0.303 e. The van der Waals surface area contributed by atoms with E-state index >= 15 is 0 Å². The van der Waals surface area contributed by atoms with Crippen molar-refractivity contribution < 1.29 is 33.3 Å². The Bertz CT molecular complexity index is 699. The van der Waals surface area contributed by atoms with E-state index in [9.17, 15) is 14.4 Å². The summed E-state index contributed by atoms with van der Waals surface area (Å²) in [6.45, 7) is 7.29. The first-order valence-electron chi connectivity index (χ1n) is 8.06. The molecule has 0 bridgehead atoms. The standard InChI is InChI=1S/C17H21NO7S/c1-5-6-7-13-18-14-16(24-11(4)21)15(23-10(3)20)12(8-22-9(2)19)25-17(14)26-13/h5,12,15-16H,1,6-8H2,2-4H3/t12-,15-,16-/m1/s1. The third kappa shape index (κ3) is 5.04. The van der Waals surface area contributed by atoms with Gasteiger partial charge in [0.2, 0.25) is 5.06 Å². The Labute approximate surface area is 155 Å². The fourth-order valence-corrected chi connectivity index (χ4v) is 3.49. The molecular weight excluding hydrogens is 362 g/mol. The van der Waals surface area contributed by atoms with Crippen LogP contribution in [-0.4, -0.2) is 41.7 Å². The zero-order chi connectivity index (χ0) is 19.3. The van der Waals surface area contributed by atoms with Crippen molar-refractivity contribution in [3.8, 4) is 5.06 Å². The smallest absolute Gasteiger partial charge is 0.303 e. The van der Waals surface area contributed by atoms with Gasteiger partial charge in [0.1, 0.15) is 12.3 Å². The molecule has 1 aliphatic heterocycles. The average Bonchev–Trinajstić information content (AvgIpc) is 2.95. The summed E-state index contributed by atoms with van der Waals surface area (Å²) < 4.78 is 21.5. The normalized spacial score (nSPS) is 21.1. The minimum Gasteiger partial charge on any atom is -0.471 e. The van der Waals surface area contributed by atoms with Crippen LogP contribution in [0.5, 0.6) is 5.06 Å². The van der Waals surface area contributed by atoms with Crippen molar-refractivity contribution in [1.82, 2.24) is 4.98 Å². The summed E-state index contributed by atoms with van der Waals surface area (Å²) in [6, 6.07) is 0. The van der Waals surface area contributed by atoms with Gasteiger partial charge in [0.05, 0.1) is 5.01 Å². The number of thiazole rings is 1. The Morgan fingerprint density at radius 3 is 2.46 bits per heavy atom. The SMILES string of the molecule is C=CCCc1nc2c(s1)O[C@H](COC(C)=O)[C@@H](OC(C)=O)[C@@H]2OC(C)=O. The molecule has 0 unspecified atom stereocenters. The zero-order valence-corrected chi connectivity index (χ0v) is 15.7. The Hall–Kier alpha value is -2.42. The first-order chi connectivity index (χ1) is 12.3. The number of aryl methyl sites for hydroxylation is 1. The van der Waals surface area contributed by atoms with E-state index in [1.807, 2.05) is 0 Å². The van der Waals surface area contributed by atoms with Gasteiger partial charge in [-0.3, -0.25) is 14.4 Å². The Kier molecular flexibility index (Phi) is 6.73. The number of aromatic nitrogens is 1. The number of nitrogens with zero attached hydrogens (tertiary/aromatic N) is 1. The molecule has 8 nitrogen and oxygen atoms in total. The second kappa shape index (κ2) is 8.79. The molecule has 26 heavy (non-hydrogen) atoms. The van der Waals surface area contributed by atoms with Crippen LogP contribution in [0.4, 0.5) is 0 Å². The van der Waals surface area contributed by atoms with Crippen LogP contribution in [0.2, 0.25) is 0 Å². The molecule has 2 rings (SSSR count). The highest BCUT2D eigenvalue weighted by Crippen LogP contribution is 2.42. The van der Waals surface area contributed by atoms with Crippen molar-refractivity contribution in [1.29, 1.82) is 0 Å². The third-order valence-corrected chi connectivity index (χ3v) is 4.49. The molecule has 3 atom stereocenters. The second-order valence-electron chi connectivity index (χ2n) is 5.67. The van der Waals surface area contributed by atoms with E-state index in [0.29, 0.717) is 17.2 Å². The van der Waals surface area contributed by atoms with E-state index in [4.69, 9.17) is 18.9 Å². The van der Waals surface area contributed by atoms with Gasteiger partial charge < -0.3 is 18.9 Å². The van der Waals surface area contributed by atoms with Crippen molar-refractivity contribution in [2.45, 2.75) is 51.9 Å². The Morgan fingerprint density at radius 2 is 1.88 bits per heavy atom.